The summed E-state index contributed by atoms with van der Waals surface area (Å²) < 4.78 is 5.22. The SMILES string of the molecule is O=C(COCC(=O)N1CCCCCC1)Nc1ccc(Cl)cc1. The lowest BCUT2D eigenvalue weighted by Crippen LogP contribution is -2.35. The average Bonchev–Trinajstić information content (AvgIpc) is 2.79. The van der Waals surface area contributed by atoms with Crippen molar-refractivity contribution in [2.75, 3.05) is 31.6 Å². The number of nitrogens with one attached hydrogen (secondary N) is 1. The first-order chi connectivity index (χ1) is 10.6. The van der Waals surface area contributed by atoms with Crippen molar-refractivity contribution in [3.05, 3.63) is 29.3 Å². The molecule has 0 spiro atoms. The smallest absolute Gasteiger partial charge is 0.250 e. The molecule has 1 heterocycles. The molecule has 0 aromatic heterocycles. The van der Waals surface area contributed by atoms with Crippen LogP contribution in [0.5, 0.6) is 0 Å². The summed E-state index contributed by atoms with van der Waals surface area (Å²) in [4.78, 5) is 25.5. The van der Waals surface area contributed by atoms with Gasteiger partial charge in [-0.3, -0.25) is 9.59 Å². The lowest BCUT2D eigenvalue weighted by Gasteiger charge is -2.20. The van der Waals surface area contributed by atoms with Crippen LogP contribution in [0.15, 0.2) is 24.3 Å². The molecule has 1 aromatic carbocycles. The molecule has 0 unspecified atom stereocenters. The first-order valence-electron chi connectivity index (χ1n) is 7.56. The van der Waals surface area contributed by atoms with Crippen molar-refractivity contribution in [3.63, 3.8) is 0 Å². The van der Waals surface area contributed by atoms with Crippen molar-refractivity contribution in [2.45, 2.75) is 25.7 Å². The molecule has 0 radical (unpaired) electrons. The van der Waals surface area contributed by atoms with E-state index >= 15 is 0 Å². The van der Waals surface area contributed by atoms with Gasteiger partial charge in [0.05, 0.1) is 0 Å². The number of hydrogen-bond acceptors (Lipinski definition) is 3. The number of amides is 2. The minimum atomic E-state index is -0.286. The number of likely N-dealkylation sites (tertiary alicyclic amines) is 1. The molecule has 22 heavy (non-hydrogen) atoms. The predicted octanol–water partition coefficient (Wildman–Crippen LogP) is 2.70. The maximum atomic E-state index is 12.0. The Morgan fingerprint density at radius 3 is 2.32 bits per heavy atom. The molecular formula is C16H21ClN2O3. The second kappa shape index (κ2) is 8.76. The van der Waals surface area contributed by atoms with Gasteiger partial charge in [0.2, 0.25) is 11.8 Å². The Morgan fingerprint density at radius 1 is 1.05 bits per heavy atom. The highest BCUT2D eigenvalue weighted by Crippen LogP contribution is 2.13. The normalized spacial score (nSPS) is 15.2. The van der Waals surface area contributed by atoms with Gasteiger partial charge in [0, 0.05) is 23.8 Å². The van der Waals surface area contributed by atoms with Gasteiger partial charge in [-0.2, -0.15) is 0 Å². The van der Waals surface area contributed by atoms with Crippen LogP contribution < -0.4 is 5.32 Å². The Hall–Kier alpha value is -1.59. The van der Waals surface area contributed by atoms with Crippen molar-refractivity contribution >= 4 is 29.1 Å². The Balaban J connectivity index is 1.67. The van der Waals surface area contributed by atoms with Crippen LogP contribution in [-0.4, -0.2) is 43.0 Å². The summed E-state index contributed by atoms with van der Waals surface area (Å²) in [5.41, 5.74) is 0.650. The molecule has 0 saturated carbocycles. The summed E-state index contributed by atoms with van der Waals surface area (Å²) in [7, 11) is 0. The Morgan fingerprint density at radius 2 is 1.68 bits per heavy atom. The highest BCUT2D eigenvalue weighted by Gasteiger charge is 2.15. The number of hydrogen-bond donors (Lipinski definition) is 1. The minimum absolute atomic E-state index is 0.0406. The average molecular weight is 325 g/mol. The van der Waals surface area contributed by atoms with Gasteiger partial charge in [-0.25, -0.2) is 0 Å². The number of carbonyl (C=O) groups excluding carboxylic acids is 2. The molecule has 1 aliphatic heterocycles. The molecule has 6 heteroatoms. The van der Waals surface area contributed by atoms with E-state index in [4.69, 9.17) is 16.3 Å². The third kappa shape index (κ3) is 5.66. The number of anilines is 1. The number of ether oxygens (including phenoxy) is 1. The molecule has 1 fully saturated rings. The van der Waals surface area contributed by atoms with Crippen LogP contribution in [0.1, 0.15) is 25.7 Å². The Kier molecular flexibility index (Phi) is 6.68. The van der Waals surface area contributed by atoms with Crippen LogP contribution in [0.25, 0.3) is 0 Å². The van der Waals surface area contributed by atoms with Crippen LogP contribution in [0.2, 0.25) is 5.02 Å². The van der Waals surface area contributed by atoms with E-state index in [9.17, 15) is 9.59 Å². The van der Waals surface area contributed by atoms with Gasteiger partial charge < -0.3 is 15.0 Å². The third-order valence-corrected chi connectivity index (χ3v) is 3.80. The van der Waals surface area contributed by atoms with Crippen molar-refractivity contribution in [3.8, 4) is 0 Å². The van der Waals surface area contributed by atoms with E-state index in [1.807, 2.05) is 4.90 Å². The van der Waals surface area contributed by atoms with E-state index < -0.39 is 0 Å². The summed E-state index contributed by atoms with van der Waals surface area (Å²) in [6.07, 6.45) is 4.44. The summed E-state index contributed by atoms with van der Waals surface area (Å²) in [6.45, 7) is 1.40. The quantitative estimate of drug-likeness (QED) is 0.906. The summed E-state index contributed by atoms with van der Waals surface area (Å²) in [5.74, 6) is -0.327. The van der Waals surface area contributed by atoms with Gasteiger partial charge in [-0.05, 0) is 37.1 Å². The van der Waals surface area contributed by atoms with E-state index in [1.54, 1.807) is 24.3 Å². The maximum Gasteiger partial charge on any atom is 0.250 e. The van der Waals surface area contributed by atoms with E-state index in [0.29, 0.717) is 10.7 Å². The van der Waals surface area contributed by atoms with Crippen LogP contribution in [0.4, 0.5) is 5.69 Å². The largest absolute Gasteiger partial charge is 0.362 e. The van der Waals surface area contributed by atoms with Gasteiger partial charge in [0.1, 0.15) is 13.2 Å². The fraction of sp³-hybridized carbons (Fsp3) is 0.500. The van der Waals surface area contributed by atoms with Gasteiger partial charge >= 0.3 is 0 Å². The van der Waals surface area contributed by atoms with Gasteiger partial charge in [0.15, 0.2) is 0 Å². The summed E-state index contributed by atoms with van der Waals surface area (Å²) in [5, 5.41) is 3.29. The van der Waals surface area contributed by atoms with Crippen molar-refractivity contribution < 1.29 is 14.3 Å². The van der Waals surface area contributed by atoms with E-state index in [1.165, 1.54) is 12.8 Å². The van der Waals surface area contributed by atoms with Gasteiger partial charge in [-0.1, -0.05) is 24.4 Å². The molecule has 0 atom stereocenters. The van der Waals surface area contributed by atoms with Crippen molar-refractivity contribution in [1.82, 2.24) is 4.90 Å². The zero-order valence-corrected chi connectivity index (χ0v) is 13.3. The van der Waals surface area contributed by atoms with Crippen LogP contribution in [0, 0.1) is 0 Å². The molecule has 1 saturated heterocycles. The first-order valence-corrected chi connectivity index (χ1v) is 7.94. The second-order valence-electron chi connectivity index (χ2n) is 5.34. The molecule has 2 amide bonds. The fourth-order valence-electron chi connectivity index (χ4n) is 2.37. The molecule has 0 aliphatic carbocycles. The standard InChI is InChI=1S/C16H21ClN2O3/c17-13-5-7-14(8-6-13)18-15(20)11-22-12-16(21)19-9-3-1-2-4-10-19/h5-8H,1-4,9-12H2,(H,18,20). The number of benzene rings is 1. The van der Waals surface area contributed by atoms with Crippen molar-refractivity contribution in [2.24, 2.45) is 0 Å². The highest BCUT2D eigenvalue weighted by molar-refractivity contribution is 6.30. The second-order valence-corrected chi connectivity index (χ2v) is 5.78. The van der Waals surface area contributed by atoms with E-state index in [-0.39, 0.29) is 25.0 Å². The molecule has 1 N–H and O–H groups in total. The number of nitrogens with zero attached hydrogens (tertiary/aromatic N) is 1. The molecule has 120 valence electrons. The molecule has 0 bridgehead atoms. The Bertz CT molecular complexity index is 497. The third-order valence-electron chi connectivity index (χ3n) is 3.55. The fourth-order valence-corrected chi connectivity index (χ4v) is 2.50. The first kappa shape index (κ1) is 16.8. The molecule has 5 nitrogen and oxygen atoms in total. The highest BCUT2D eigenvalue weighted by atomic mass is 35.5. The molecule has 1 aromatic rings. The molecular weight excluding hydrogens is 304 g/mol. The van der Waals surface area contributed by atoms with Crippen LogP contribution in [0.3, 0.4) is 0 Å². The molecule has 2 rings (SSSR count). The van der Waals surface area contributed by atoms with Gasteiger partial charge in [0.25, 0.3) is 0 Å². The van der Waals surface area contributed by atoms with Crippen molar-refractivity contribution in [1.29, 1.82) is 0 Å². The zero-order valence-electron chi connectivity index (χ0n) is 12.5. The molecule has 1 aliphatic rings. The number of rotatable bonds is 5. The van der Waals surface area contributed by atoms with Gasteiger partial charge in [-0.15, -0.1) is 0 Å². The topological polar surface area (TPSA) is 58.6 Å². The number of halogens is 1. The summed E-state index contributed by atoms with van der Waals surface area (Å²) >= 11 is 5.77. The maximum absolute atomic E-state index is 12.0. The van der Waals surface area contributed by atoms with Crippen LogP contribution >= 0.6 is 11.6 Å². The summed E-state index contributed by atoms with van der Waals surface area (Å²) in [6, 6.07) is 6.81. The monoisotopic (exact) mass is 324 g/mol. The zero-order chi connectivity index (χ0) is 15.8. The lowest BCUT2D eigenvalue weighted by molar-refractivity contribution is -0.137. The minimum Gasteiger partial charge on any atom is -0.362 e. The Labute approximate surface area is 135 Å². The van der Waals surface area contributed by atoms with E-state index in [0.717, 1.165) is 25.9 Å². The number of carbonyl (C=O) groups is 2. The predicted molar refractivity (Wildman–Crippen MR) is 85.9 cm³/mol. The lowest BCUT2D eigenvalue weighted by atomic mass is 10.2. The van der Waals surface area contributed by atoms with E-state index in [2.05, 4.69) is 5.32 Å². The van der Waals surface area contributed by atoms with Crippen LogP contribution in [-0.2, 0) is 14.3 Å².